The van der Waals surface area contributed by atoms with Gasteiger partial charge >= 0.3 is 6.18 Å². The molecule has 0 aliphatic carbocycles. The molecule has 0 aromatic heterocycles. The minimum atomic E-state index is -4.16. The molecule has 0 fully saturated rings. The van der Waals surface area contributed by atoms with Crippen LogP contribution in [-0.2, 0) is 0 Å². The lowest BCUT2D eigenvalue weighted by Crippen LogP contribution is -2.36. The second-order valence-corrected chi connectivity index (χ2v) is 2.97. The third-order valence-corrected chi connectivity index (χ3v) is 1.65. The first kappa shape index (κ1) is 12.7. The van der Waals surface area contributed by atoms with Crippen LogP contribution in [0.25, 0.3) is 0 Å². The first-order valence-electron chi connectivity index (χ1n) is 4.39. The second-order valence-electron chi connectivity index (χ2n) is 2.97. The molecular weight excluding hydrogens is 183 g/mol. The van der Waals surface area contributed by atoms with Crippen molar-refractivity contribution in [3.8, 4) is 0 Å². The number of alkyl halides is 3. The van der Waals surface area contributed by atoms with Crippen LogP contribution in [0.4, 0.5) is 13.2 Å². The van der Waals surface area contributed by atoms with E-state index in [-0.39, 0.29) is 13.2 Å². The maximum absolute atomic E-state index is 11.9. The minimum absolute atomic E-state index is 0.0967. The number of unbranched alkanes of at least 4 members (excludes halogenated alkanes) is 1. The van der Waals surface area contributed by atoms with Gasteiger partial charge in [0, 0.05) is 6.54 Å². The predicted molar refractivity (Wildman–Crippen MR) is 44.5 cm³/mol. The van der Waals surface area contributed by atoms with E-state index in [1.165, 1.54) is 4.90 Å². The highest BCUT2D eigenvalue weighted by Crippen LogP contribution is 2.16. The number of hydrogen-bond donors (Lipinski definition) is 1. The van der Waals surface area contributed by atoms with Crippen LogP contribution in [-0.4, -0.2) is 42.4 Å². The predicted octanol–water partition coefficient (Wildman–Crippen LogP) is 1.64. The van der Waals surface area contributed by atoms with E-state index in [4.69, 9.17) is 5.11 Å². The highest BCUT2D eigenvalue weighted by molar-refractivity contribution is 4.62. The summed E-state index contributed by atoms with van der Waals surface area (Å²) in [4.78, 5) is 1.23. The van der Waals surface area contributed by atoms with E-state index >= 15 is 0 Å². The third kappa shape index (κ3) is 8.05. The monoisotopic (exact) mass is 199 g/mol. The lowest BCUT2D eigenvalue weighted by Gasteiger charge is -2.22. The van der Waals surface area contributed by atoms with Gasteiger partial charge in [0.1, 0.15) is 0 Å². The van der Waals surface area contributed by atoms with Crippen molar-refractivity contribution >= 4 is 0 Å². The zero-order valence-electron chi connectivity index (χ0n) is 7.77. The highest BCUT2D eigenvalue weighted by atomic mass is 19.4. The van der Waals surface area contributed by atoms with Gasteiger partial charge in [-0.25, -0.2) is 0 Å². The van der Waals surface area contributed by atoms with Crippen LogP contribution in [0.2, 0.25) is 0 Å². The van der Waals surface area contributed by atoms with E-state index < -0.39 is 12.7 Å². The molecule has 0 saturated carbocycles. The van der Waals surface area contributed by atoms with E-state index in [0.717, 1.165) is 12.8 Å². The normalized spacial score (nSPS) is 12.5. The zero-order chi connectivity index (χ0) is 10.3. The molecule has 0 aliphatic rings. The Morgan fingerprint density at radius 1 is 1.23 bits per heavy atom. The molecule has 2 nitrogen and oxygen atoms in total. The molecule has 0 bridgehead atoms. The Hall–Kier alpha value is -0.290. The van der Waals surface area contributed by atoms with Gasteiger partial charge in [0.15, 0.2) is 0 Å². The fourth-order valence-electron chi connectivity index (χ4n) is 1.05. The molecule has 5 heteroatoms. The van der Waals surface area contributed by atoms with E-state index in [1.54, 1.807) is 0 Å². The summed E-state index contributed by atoms with van der Waals surface area (Å²) in [5.74, 6) is 0. The molecule has 0 radical (unpaired) electrons. The molecule has 13 heavy (non-hydrogen) atoms. The van der Waals surface area contributed by atoms with E-state index in [1.807, 2.05) is 6.92 Å². The standard InChI is InChI=1S/C8H16F3NO/c1-2-3-4-12(5-6-13)7-8(9,10)11/h13H,2-7H2,1H3. The molecule has 0 atom stereocenters. The van der Waals surface area contributed by atoms with E-state index in [0.29, 0.717) is 6.54 Å². The molecule has 0 rings (SSSR count). The number of nitrogens with zero attached hydrogens (tertiary/aromatic N) is 1. The molecular formula is C8H16F3NO. The van der Waals surface area contributed by atoms with Crippen molar-refractivity contribution in [3.63, 3.8) is 0 Å². The fraction of sp³-hybridized carbons (Fsp3) is 1.00. The van der Waals surface area contributed by atoms with Crippen LogP contribution in [0.1, 0.15) is 19.8 Å². The zero-order valence-corrected chi connectivity index (χ0v) is 7.77. The Kier molecular flexibility index (Phi) is 6.07. The van der Waals surface area contributed by atoms with Crippen LogP contribution >= 0.6 is 0 Å². The Labute approximate surface area is 76.3 Å². The van der Waals surface area contributed by atoms with Crippen molar-refractivity contribution in [2.75, 3.05) is 26.2 Å². The Balaban J connectivity index is 3.79. The highest BCUT2D eigenvalue weighted by Gasteiger charge is 2.29. The lowest BCUT2D eigenvalue weighted by atomic mass is 10.3. The van der Waals surface area contributed by atoms with Gasteiger partial charge < -0.3 is 5.11 Å². The Morgan fingerprint density at radius 2 is 1.85 bits per heavy atom. The SMILES string of the molecule is CCCCN(CCO)CC(F)(F)F. The molecule has 0 amide bonds. The molecule has 0 aromatic carbocycles. The number of aliphatic hydroxyl groups excluding tert-OH is 1. The molecule has 0 aliphatic heterocycles. The topological polar surface area (TPSA) is 23.5 Å². The van der Waals surface area contributed by atoms with E-state index in [2.05, 4.69) is 0 Å². The van der Waals surface area contributed by atoms with Crippen LogP contribution in [0.5, 0.6) is 0 Å². The van der Waals surface area contributed by atoms with Crippen LogP contribution in [0.15, 0.2) is 0 Å². The maximum Gasteiger partial charge on any atom is 0.401 e. The first-order chi connectivity index (χ1) is 5.99. The van der Waals surface area contributed by atoms with Gasteiger partial charge in [-0.1, -0.05) is 13.3 Å². The van der Waals surface area contributed by atoms with Crippen LogP contribution < -0.4 is 0 Å². The molecule has 0 unspecified atom stereocenters. The lowest BCUT2D eigenvalue weighted by molar-refractivity contribution is -0.146. The van der Waals surface area contributed by atoms with Gasteiger partial charge in [0.25, 0.3) is 0 Å². The van der Waals surface area contributed by atoms with Crippen molar-refractivity contribution in [2.45, 2.75) is 25.9 Å². The summed E-state index contributed by atoms with van der Waals surface area (Å²) < 4.78 is 35.8. The van der Waals surface area contributed by atoms with Crippen LogP contribution in [0.3, 0.4) is 0 Å². The number of rotatable bonds is 6. The van der Waals surface area contributed by atoms with Gasteiger partial charge in [0.2, 0.25) is 0 Å². The summed E-state index contributed by atoms with van der Waals surface area (Å²) in [6.07, 6.45) is -2.57. The largest absolute Gasteiger partial charge is 0.401 e. The van der Waals surface area contributed by atoms with Gasteiger partial charge in [-0.3, -0.25) is 4.90 Å². The molecule has 0 spiro atoms. The summed E-state index contributed by atoms with van der Waals surface area (Å²) in [7, 11) is 0. The molecule has 0 heterocycles. The first-order valence-corrected chi connectivity index (χ1v) is 4.39. The number of hydrogen-bond acceptors (Lipinski definition) is 2. The van der Waals surface area contributed by atoms with Gasteiger partial charge in [-0.05, 0) is 13.0 Å². The summed E-state index contributed by atoms with van der Waals surface area (Å²) in [6.45, 7) is 1.27. The summed E-state index contributed by atoms with van der Waals surface area (Å²) in [5.41, 5.74) is 0. The van der Waals surface area contributed by atoms with Crippen molar-refractivity contribution in [1.82, 2.24) is 4.90 Å². The average Bonchev–Trinajstić information content (AvgIpc) is 1.98. The van der Waals surface area contributed by atoms with Gasteiger partial charge in [0.05, 0.1) is 13.2 Å². The summed E-state index contributed by atoms with van der Waals surface area (Å²) in [5, 5.41) is 8.52. The van der Waals surface area contributed by atoms with Crippen LogP contribution in [0, 0.1) is 0 Å². The summed E-state index contributed by atoms with van der Waals surface area (Å²) in [6, 6.07) is 0. The number of aliphatic hydroxyl groups is 1. The smallest absolute Gasteiger partial charge is 0.395 e. The second kappa shape index (κ2) is 6.21. The van der Waals surface area contributed by atoms with Crippen molar-refractivity contribution < 1.29 is 18.3 Å². The van der Waals surface area contributed by atoms with Crippen molar-refractivity contribution in [1.29, 1.82) is 0 Å². The van der Waals surface area contributed by atoms with Crippen molar-refractivity contribution in [2.24, 2.45) is 0 Å². The third-order valence-electron chi connectivity index (χ3n) is 1.65. The quantitative estimate of drug-likeness (QED) is 0.703. The maximum atomic E-state index is 11.9. The molecule has 1 N–H and O–H groups in total. The van der Waals surface area contributed by atoms with Gasteiger partial charge in [-0.15, -0.1) is 0 Å². The Morgan fingerprint density at radius 3 is 2.23 bits per heavy atom. The fourth-order valence-corrected chi connectivity index (χ4v) is 1.05. The summed E-state index contributed by atoms with van der Waals surface area (Å²) >= 11 is 0. The average molecular weight is 199 g/mol. The van der Waals surface area contributed by atoms with Crippen molar-refractivity contribution in [3.05, 3.63) is 0 Å². The molecule has 0 aromatic rings. The Bertz CT molecular complexity index is 127. The molecule has 0 saturated heterocycles. The minimum Gasteiger partial charge on any atom is -0.395 e. The van der Waals surface area contributed by atoms with E-state index in [9.17, 15) is 13.2 Å². The molecule has 80 valence electrons. The van der Waals surface area contributed by atoms with Gasteiger partial charge in [-0.2, -0.15) is 13.2 Å². The number of halogens is 3.